The van der Waals surface area contributed by atoms with Crippen LogP contribution in [0.2, 0.25) is 0 Å². The Bertz CT molecular complexity index is 518. The third kappa shape index (κ3) is 1.56. The van der Waals surface area contributed by atoms with Gasteiger partial charge in [0.1, 0.15) is 0 Å². The first-order valence-electron chi connectivity index (χ1n) is 4.58. The molecule has 0 spiro atoms. The van der Waals surface area contributed by atoms with Crippen molar-refractivity contribution in [2.24, 2.45) is 0 Å². The number of benzene rings is 1. The first-order chi connectivity index (χ1) is 7.11. The molecule has 0 saturated carbocycles. The van der Waals surface area contributed by atoms with Crippen LogP contribution >= 0.6 is 0 Å². The average molecular weight is 203 g/mol. The van der Waals surface area contributed by atoms with Crippen LogP contribution in [0.5, 0.6) is 0 Å². The van der Waals surface area contributed by atoms with Crippen molar-refractivity contribution in [3.63, 3.8) is 0 Å². The minimum Gasteiger partial charge on any atom is -0.423 e. The van der Waals surface area contributed by atoms with Gasteiger partial charge in [-0.05, 0) is 11.5 Å². The molecule has 15 heavy (non-hydrogen) atoms. The van der Waals surface area contributed by atoms with Gasteiger partial charge >= 0.3 is 7.12 Å². The molecule has 1 heterocycles. The van der Waals surface area contributed by atoms with Gasteiger partial charge in [-0.2, -0.15) is 0 Å². The van der Waals surface area contributed by atoms with Gasteiger partial charge in [-0.15, -0.1) is 0 Å². The zero-order valence-electron chi connectivity index (χ0n) is 8.21. The highest BCUT2D eigenvalue weighted by molar-refractivity contribution is 6.62. The van der Waals surface area contributed by atoms with E-state index >= 15 is 0 Å². The van der Waals surface area contributed by atoms with E-state index in [0.717, 1.165) is 0 Å². The fraction of sp³-hybridized carbons (Fsp3) is 0.100. The van der Waals surface area contributed by atoms with Gasteiger partial charge in [0.05, 0.1) is 5.52 Å². The SMILES string of the molecule is CC(=O)n1cc(B(O)O)c2ccccc21. The summed E-state index contributed by atoms with van der Waals surface area (Å²) in [6.07, 6.45) is 1.46. The minimum absolute atomic E-state index is 0.155. The predicted molar refractivity (Wildman–Crippen MR) is 58.1 cm³/mol. The molecule has 76 valence electrons. The Kier molecular flexibility index (Phi) is 2.34. The quantitative estimate of drug-likeness (QED) is 0.640. The van der Waals surface area contributed by atoms with E-state index in [4.69, 9.17) is 10.0 Å². The van der Waals surface area contributed by atoms with E-state index in [0.29, 0.717) is 16.4 Å². The van der Waals surface area contributed by atoms with Crippen molar-refractivity contribution < 1.29 is 14.8 Å². The number of aromatic nitrogens is 1. The van der Waals surface area contributed by atoms with Crippen LogP contribution in [0.4, 0.5) is 0 Å². The van der Waals surface area contributed by atoms with Gasteiger partial charge in [0.25, 0.3) is 0 Å². The van der Waals surface area contributed by atoms with Crippen molar-refractivity contribution in [1.29, 1.82) is 0 Å². The van der Waals surface area contributed by atoms with Crippen LogP contribution in [0, 0.1) is 0 Å². The monoisotopic (exact) mass is 203 g/mol. The summed E-state index contributed by atoms with van der Waals surface area (Å²) in [5.74, 6) is -0.155. The number of hydrogen-bond donors (Lipinski definition) is 2. The molecule has 4 nitrogen and oxygen atoms in total. The topological polar surface area (TPSA) is 62.5 Å². The van der Waals surface area contributed by atoms with Gasteiger partial charge in [0.15, 0.2) is 0 Å². The molecule has 1 aromatic carbocycles. The fourth-order valence-electron chi connectivity index (χ4n) is 1.67. The maximum absolute atomic E-state index is 11.3. The van der Waals surface area contributed by atoms with Crippen LogP contribution in [0.15, 0.2) is 30.5 Å². The van der Waals surface area contributed by atoms with Crippen molar-refractivity contribution in [1.82, 2.24) is 4.57 Å². The first kappa shape index (κ1) is 9.95. The van der Waals surface area contributed by atoms with Gasteiger partial charge in [0, 0.05) is 18.6 Å². The Morgan fingerprint density at radius 3 is 2.60 bits per heavy atom. The number of rotatable bonds is 1. The lowest BCUT2D eigenvalue weighted by Gasteiger charge is -1.97. The molecule has 0 fully saturated rings. The van der Waals surface area contributed by atoms with Crippen molar-refractivity contribution in [2.45, 2.75) is 6.92 Å². The second-order valence-electron chi connectivity index (χ2n) is 3.36. The smallest absolute Gasteiger partial charge is 0.423 e. The van der Waals surface area contributed by atoms with E-state index in [9.17, 15) is 4.79 Å². The Labute approximate surface area is 86.9 Å². The highest BCUT2D eigenvalue weighted by Gasteiger charge is 2.19. The Morgan fingerprint density at radius 1 is 1.33 bits per heavy atom. The highest BCUT2D eigenvalue weighted by atomic mass is 16.4. The number of carbonyl (C=O) groups excluding carboxylic acids is 1. The summed E-state index contributed by atoms with van der Waals surface area (Å²) in [6.45, 7) is 1.43. The molecule has 2 N–H and O–H groups in total. The van der Waals surface area contributed by atoms with E-state index in [1.165, 1.54) is 17.7 Å². The Hall–Kier alpha value is -1.59. The molecule has 0 unspecified atom stereocenters. The van der Waals surface area contributed by atoms with Crippen LogP contribution in [0.3, 0.4) is 0 Å². The lowest BCUT2D eigenvalue weighted by Crippen LogP contribution is -2.29. The van der Waals surface area contributed by atoms with E-state index in [-0.39, 0.29) is 5.91 Å². The zero-order chi connectivity index (χ0) is 11.0. The van der Waals surface area contributed by atoms with E-state index in [1.54, 1.807) is 24.3 Å². The Balaban J connectivity index is 2.79. The second kappa shape index (κ2) is 3.53. The minimum atomic E-state index is -1.56. The summed E-state index contributed by atoms with van der Waals surface area (Å²) >= 11 is 0. The second-order valence-corrected chi connectivity index (χ2v) is 3.36. The number of para-hydroxylation sites is 1. The van der Waals surface area contributed by atoms with Gasteiger partial charge in [-0.25, -0.2) is 0 Å². The Morgan fingerprint density at radius 2 is 2.00 bits per heavy atom. The van der Waals surface area contributed by atoms with Crippen molar-refractivity contribution in [2.75, 3.05) is 0 Å². The lowest BCUT2D eigenvalue weighted by molar-refractivity contribution is 0.0942. The summed E-state index contributed by atoms with van der Waals surface area (Å²) < 4.78 is 1.41. The molecule has 2 rings (SSSR count). The summed E-state index contributed by atoms with van der Waals surface area (Å²) in [5, 5.41) is 19.0. The van der Waals surface area contributed by atoms with Crippen LogP contribution in [-0.2, 0) is 0 Å². The summed E-state index contributed by atoms with van der Waals surface area (Å²) in [5.41, 5.74) is 1.04. The van der Waals surface area contributed by atoms with Crippen LogP contribution in [0.1, 0.15) is 11.7 Å². The lowest BCUT2D eigenvalue weighted by atomic mass is 9.80. The molecule has 0 aliphatic heterocycles. The van der Waals surface area contributed by atoms with Crippen molar-refractivity contribution in [3.05, 3.63) is 30.5 Å². The van der Waals surface area contributed by atoms with Crippen LogP contribution in [-0.4, -0.2) is 27.6 Å². The molecule has 0 aliphatic rings. The predicted octanol–water partition coefficient (Wildman–Crippen LogP) is -0.0188. The zero-order valence-corrected chi connectivity index (χ0v) is 8.21. The molecule has 2 aromatic rings. The normalized spacial score (nSPS) is 10.6. The van der Waals surface area contributed by atoms with Gasteiger partial charge < -0.3 is 10.0 Å². The van der Waals surface area contributed by atoms with Crippen LogP contribution in [0.25, 0.3) is 10.9 Å². The summed E-state index contributed by atoms with van der Waals surface area (Å²) in [6, 6.07) is 7.11. The third-order valence-corrected chi connectivity index (χ3v) is 2.36. The number of carbonyl (C=O) groups is 1. The molecular formula is C10H10BNO3. The molecule has 0 aliphatic carbocycles. The van der Waals surface area contributed by atoms with Gasteiger partial charge in [0.2, 0.25) is 5.91 Å². The molecule has 1 aromatic heterocycles. The maximum Gasteiger partial charge on any atom is 0.490 e. The van der Waals surface area contributed by atoms with Gasteiger partial charge in [-0.3, -0.25) is 9.36 Å². The molecule has 0 amide bonds. The molecule has 0 atom stereocenters. The van der Waals surface area contributed by atoms with E-state index in [2.05, 4.69) is 0 Å². The third-order valence-electron chi connectivity index (χ3n) is 2.36. The average Bonchev–Trinajstić information content (AvgIpc) is 2.56. The number of fused-ring (bicyclic) bond motifs is 1. The molecule has 5 heteroatoms. The highest BCUT2D eigenvalue weighted by Crippen LogP contribution is 2.13. The van der Waals surface area contributed by atoms with Crippen molar-refractivity contribution >= 4 is 29.4 Å². The molecular weight excluding hydrogens is 193 g/mol. The van der Waals surface area contributed by atoms with Crippen molar-refractivity contribution in [3.8, 4) is 0 Å². The maximum atomic E-state index is 11.3. The molecule has 0 radical (unpaired) electrons. The van der Waals surface area contributed by atoms with Crippen LogP contribution < -0.4 is 5.46 Å². The molecule has 0 saturated heterocycles. The first-order valence-corrected chi connectivity index (χ1v) is 4.58. The standard InChI is InChI=1S/C10H10BNO3/c1-7(13)12-6-9(11(14)15)8-4-2-3-5-10(8)12/h2-6,14-15H,1H3. The number of hydrogen-bond acceptors (Lipinski definition) is 3. The summed E-state index contributed by atoms with van der Waals surface area (Å²) in [4.78, 5) is 11.3. The van der Waals surface area contributed by atoms with Gasteiger partial charge in [-0.1, -0.05) is 18.2 Å². The number of nitrogens with zero attached hydrogens (tertiary/aromatic N) is 1. The van der Waals surface area contributed by atoms with E-state index in [1.807, 2.05) is 0 Å². The summed E-state index contributed by atoms with van der Waals surface area (Å²) in [7, 11) is -1.56. The van der Waals surface area contributed by atoms with E-state index < -0.39 is 7.12 Å². The molecule has 0 bridgehead atoms. The largest absolute Gasteiger partial charge is 0.490 e. The fourth-order valence-corrected chi connectivity index (χ4v) is 1.67.